The van der Waals surface area contributed by atoms with Crippen LogP contribution in [0, 0.1) is 12.8 Å². The summed E-state index contributed by atoms with van der Waals surface area (Å²) in [5, 5.41) is 9.08. The molecule has 1 aromatic carbocycles. The molecule has 6 nitrogen and oxygen atoms in total. The summed E-state index contributed by atoms with van der Waals surface area (Å²) < 4.78 is 29.1. The minimum atomic E-state index is -1.52. The summed E-state index contributed by atoms with van der Waals surface area (Å²) in [4.78, 5) is 15.7. The summed E-state index contributed by atoms with van der Waals surface area (Å²) in [5.41, 5.74) is 2.40. The van der Waals surface area contributed by atoms with Crippen LogP contribution in [0.2, 0.25) is 0 Å². The van der Waals surface area contributed by atoms with Gasteiger partial charge in [-0.3, -0.25) is 0 Å². The van der Waals surface area contributed by atoms with E-state index in [-0.39, 0.29) is 5.92 Å². The second-order valence-corrected chi connectivity index (χ2v) is 7.34. The fourth-order valence-corrected chi connectivity index (χ4v) is 3.18. The van der Waals surface area contributed by atoms with E-state index in [0.29, 0.717) is 24.7 Å². The molecular weight excluding hydrogens is 365 g/mol. The molecule has 1 aliphatic heterocycles. The van der Waals surface area contributed by atoms with Crippen molar-refractivity contribution in [3.8, 4) is 11.5 Å². The maximum Gasteiger partial charge on any atom is 0.364 e. The van der Waals surface area contributed by atoms with Crippen molar-refractivity contribution in [2.75, 3.05) is 13.2 Å². The van der Waals surface area contributed by atoms with Crippen molar-refractivity contribution in [3.63, 3.8) is 0 Å². The predicted molar refractivity (Wildman–Crippen MR) is 100 cm³/mol. The summed E-state index contributed by atoms with van der Waals surface area (Å²) >= 11 is 0. The number of oxazole rings is 1. The first-order valence-electron chi connectivity index (χ1n) is 9.54. The van der Waals surface area contributed by atoms with E-state index in [9.17, 15) is 9.18 Å². The van der Waals surface area contributed by atoms with E-state index in [1.165, 1.54) is 6.92 Å². The average Bonchev–Trinajstić information content (AvgIpc) is 3.07. The Balaban J connectivity index is 1.45. The van der Waals surface area contributed by atoms with Gasteiger partial charge in [-0.1, -0.05) is 18.6 Å². The number of aryl methyl sites for hydroxylation is 2. The molecule has 0 aliphatic carbocycles. The van der Waals surface area contributed by atoms with E-state index in [0.717, 1.165) is 42.7 Å². The molecule has 1 N–H and O–H groups in total. The van der Waals surface area contributed by atoms with Gasteiger partial charge in [0.15, 0.2) is 0 Å². The lowest BCUT2D eigenvalue weighted by Gasteiger charge is -2.34. The molecule has 7 heteroatoms. The molecule has 0 atom stereocenters. The van der Waals surface area contributed by atoms with Gasteiger partial charge in [0.05, 0.1) is 18.9 Å². The number of hydrogen-bond acceptors (Lipinski definition) is 5. The SMILES string of the molecule is Cc1oc(-c2ccc(CF)cc2)nc1CCCCC1COC(C)(C(=O)O)OC1. The first-order chi connectivity index (χ1) is 13.4. The number of ether oxygens (including phenoxy) is 2. The number of aliphatic carboxylic acids is 1. The van der Waals surface area contributed by atoms with Crippen LogP contribution in [0.5, 0.6) is 0 Å². The van der Waals surface area contributed by atoms with Gasteiger partial charge in [-0.15, -0.1) is 0 Å². The number of nitrogens with zero attached hydrogens (tertiary/aromatic N) is 1. The summed E-state index contributed by atoms with van der Waals surface area (Å²) in [6, 6.07) is 7.10. The van der Waals surface area contributed by atoms with Crippen molar-refractivity contribution in [2.45, 2.75) is 52.0 Å². The van der Waals surface area contributed by atoms with Gasteiger partial charge < -0.3 is 19.0 Å². The summed E-state index contributed by atoms with van der Waals surface area (Å²) in [7, 11) is 0. The molecule has 0 amide bonds. The lowest BCUT2D eigenvalue weighted by molar-refractivity contribution is -0.271. The van der Waals surface area contributed by atoms with Crippen molar-refractivity contribution >= 4 is 5.97 Å². The second kappa shape index (κ2) is 8.84. The number of benzene rings is 1. The number of carboxylic acids is 1. The Morgan fingerprint density at radius 2 is 1.93 bits per heavy atom. The summed E-state index contributed by atoms with van der Waals surface area (Å²) in [5.74, 6) is -1.06. The highest BCUT2D eigenvalue weighted by Crippen LogP contribution is 2.26. The van der Waals surface area contributed by atoms with Gasteiger partial charge >= 0.3 is 5.97 Å². The topological polar surface area (TPSA) is 81.8 Å². The third kappa shape index (κ3) is 4.77. The standard InChI is InChI=1S/C21H26FNO5/c1-14-18(23-19(28-14)17-9-7-15(11-22)8-10-17)6-4-3-5-16-12-26-21(2,20(24)25)27-13-16/h7-10,16H,3-6,11-13H2,1-2H3,(H,24,25). The number of aromatic nitrogens is 1. The van der Waals surface area contributed by atoms with Crippen LogP contribution in [-0.4, -0.2) is 35.1 Å². The highest BCUT2D eigenvalue weighted by atomic mass is 19.1. The van der Waals surface area contributed by atoms with Crippen LogP contribution in [0.25, 0.3) is 11.5 Å². The third-order valence-electron chi connectivity index (χ3n) is 5.10. The Labute approximate surface area is 163 Å². The molecule has 2 heterocycles. The van der Waals surface area contributed by atoms with Gasteiger partial charge in [0.2, 0.25) is 5.89 Å². The molecule has 152 valence electrons. The Morgan fingerprint density at radius 3 is 2.54 bits per heavy atom. The predicted octanol–water partition coefficient (Wildman–Crippen LogP) is 4.30. The number of hydrogen-bond donors (Lipinski definition) is 1. The van der Waals surface area contributed by atoms with E-state index in [1.807, 2.05) is 19.1 Å². The molecule has 28 heavy (non-hydrogen) atoms. The van der Waals surface area contributed by atoms with Gasteiger partial charge in [-0.25, -0.2) is 14.2 Å². The molecule has 1 saturated heterocycles. The maximum atomic E-state index is 12.6. The maximum absolute atomic E-state index is 12.6. The molecule has 2 aromatic rings. The fraction of sp³-hybridized carbons (Fsp3) is 0.524. The van der Waals surface area contributed by atoms with Gasteiger partial charge in [0.1, 0.15) is 12.4 Å². The number of carbonyl (C=O) groups is 1. The Hall–Kier alpha value is -2.25. The molecule has 0 bridgehead atoms. The van der Waals surface area contributed by atoms with Gasteiger partial charge in [-0.05, 0) is 43.9 Å². The van der Waals surface area contributed by atoms with Gasteiger partial charge in [-0.2, -0.15) is 0 Å². The van der Waals surface area contributed by atoms with Crippen molar-refractivity contribution in [3.05, 3.63) is 41.3 Å². The lowest BCUT2D eigenvalue weighted by atomic mass is 10.0. The monoisotopic (exact) mass is 391 g/mol. The van der Waals surface area contributed by atoms with E-state index in [1.54, 1.807) is 12.1 Å². The minimum absolute atomic E-state index is 0.204. The first kappa shape index (κ1) is 20.5. The molecule has 0 spiro atoms. The van der Waals surface area contributed by atoms with Crippen LogP contribution in [0.1, 0.15) is 43.2 Å². The van der Waals surface area contributed by atoms with Crippen molar-refractivity contribution in [2.24, 2.45) is 5.92 Å². The largest absolute Gasteiger partial charge is 0.477 e. The number of alkyl halides is 1. The molecule has 0 unspecified atom stereocenters. The van der Waals surface area contributed by atoms with E-state index in [2.05, 4.69) is 4.98 Å². The third-order valence-corrected chi connectivity index (χ3v) is 5.10. The molecule has 1 fully saturated rings. The zero-order valence-corrected chi connectivity index (χ0v) is 16.2. The first-order valence-corrected chi connectivity index (χ1v) is 9.54. The molecule has 0 radical (unpaired) electrons. The molecular formula is C21H26FNO5. The highest BCUT2D eigenvalue weighted by Gasteiger charge is 2.40. The lowest BCUT2D eigenvalue weighted by Crippen LogP contribution is -2.47. The van der Waals surface area contributed by atoms with Gasteiger partial charge in [0.25, 0.3) is 5.79 Å². The Bertz CT molecular complexity index is 794. The summed E-state index contributed by atoms with van der Waals surface area (Å²) in [6.45, 7) is 3.64. The smallest absolute Gasteiger partial charge is 0.364 e. The number of halogens is 1. The number of carboxylic acid groups (broad SMARTS) is 1. The van der Waals surface area contributed by atoms with E-state index < -0.39 is 18.4 Å². The zero-order valence-electron chi connectivity index (χ0n) is 16.2. The normalized spacial score (nSPS) is 22.3. The van der Waals surface area contributed by atoms with Crippen LogP contribution >= 0.6 is 0 Å². The van der Waals surface area contributed by atoms with Crippen LogP contribution in [0.3, 0.4) is 0 Å². The minimum Gasteiger partial charge on any atom is -0.477 e. The quantitative estimate of drug-likeness (QED) is 0.676. The Kier molecular flexibility index (Phi) is 6.46. The second-order valence-electron chi connectivity index (χ2n) is 7.34. The van der Waals surface area contributed by atoms with Crippen LogP contribution in [0.15, 0.2) is 28.7 Å². The van der Waals surface area contributed by atoms with E-state index >= 15 is 0 Å². The van der Waals surface area contributed by atoms with Crippen LogP contribution < -0.4 is 0 Å². The average molecular weight is 391 g/mol. The Morgan fingerprint density at radius 1 is 1.25 bits per heavy atom. The fourth-order valence-electron chi connectivity index (χ4n) is 3.18. The van der Waals surface area contributed by atoms with Crippen molar-refractivity contribution in [1.82, 2.24) is 4.98 Å². The van der Waals surface area contributed by atoms with Crippen LogP contribution in [-0.2, 0) is 27.4 Å². The van der Waals surface area contributed by atoms with E-state index in [4.69, 9.17) is 19.0 Å². The highest BCUT2D eigenvalue weighted by molar-refractivity contribution is 5.75. The number of rotatable bonds is 8. The van der Waals surface area contributed by atoms with Crippen molar-refractivity contribution in [1.29, 1.82) is 0 Å². The molecule has 1 aromatic heterocycles. The summed E-state index contributed by atoms with van der Waals surface area (Å²) in [6.07, 6.45) is 3.62. The zero-order chi connectivity index (χ0) is 20.1. The molecule has 3 rings (SSSR count). The number of unbranched alkanes of at least 4 members (excludes halogenated alkanes) is 1. The van der Waals surface area contributed by atoms with Crippen molar-refractivity contribution < 1.29 is 28.2 Å². The van der Waals surface area contributed by atoms with Gasteiger partial charge in [0, 0.05) is 18.4 Å². The van der Waals surface area contributed by atoms with Crippen LogP contribution in [0.4, 0.5) is 4.39 Å². The molecule has 1 aliphatic rings. The molecule has 0 saturated carbocycles.